The van der Waals surface area contributed by atoms with Gasteiger partial charge in [0.05, 0.1) is 6.42 Å². The van der Waals surface area contributed by atoms with Gasteiger partial charge in [-0.05, 0) is 12.1 Å². The predicted octanol–water partition coefficient (Wildman–Crippen LogP) is 2.60. The van der Waals surface area contributed by atoms with E-state index in [0.717, 1.165) is 11.5 Å². The number of nitrogens with one attached hydrogen (secondary N) is 1. The van der Waals surface area contributed by atoms with E-state index in [9.17, 15) is 9.59 Å². The van der Waals surface area contributed by atoms with Crippen LogP contribution in [-0.2, 0) is 4.79 Å². The summed E-state index contributed by atoms with van der Waals surface area (Å²) in [5, 5.41) is 11.6. The number of carboxylic acids is 1. The number of aliphatic carboxylic acids is 1. The zero-order valence-electron chi connectivity index (χ0n) is 11.8. The highest BCUT2D eigenvalue weighted by molar-refractivity contribution is 7.99. The first-order valence-electron chi connectivity index (χ1n) is 6.66. The van der Waals surface area contributed by atoms with Crippen molar-refractivity contribution < 1.29 is 14.7 Å². The summed E-state index contributed by atoms with van der Waals surface area (Å²) in [7, 11) is 0. The molecule has 0 heterocycles. The largest absolute Gasteiger partial charge is 0.481 e. The van der Waals surface area contributed by atoms with Crippen LogP contribution in [0.5, 0.6) is 0 Å². The second-order valence-electron chi connectivity index (χ2n) is 4.23. The Balaban J connectivity index is 2.56. The highest BCUT2D eigenvalue weighted by Crippen LogP contribution is 2.13. The van der Waals surface area contributed by atoms with Crippen LogP contribution in [0.3, 0.4) is 0 Å². The quantitative estimate of drug-likeness (QED) is 0.543. The van der Waals surface area contributed by atoms with Gasteiger partial charge in [-0.25, -0.2) is 4.79 Å². The van der Waals surface area contributed by atoms with Crippen molar-refractivity contribution in [2.75, 3.05) is 29.5 Å². The average Bonchev–Trinajstić information content (AvgIpc) is 2.48. The van der Waals surface area contributed by atoms with Crippen molar-refractivity contribution in [2.45, 2.75) is 6.42 Å². The van der Waals surface area contributed by atoms with E-state index >= 15 is 0 Å². The van der Waals surface area contributed by atoms with Gasteiger partial charge in [0.1, 0.15) is 0 Å². The van der Waals surface area contributed by atoms with E-state index in [1.165, 1.54) is 4.90 Å². The van der Waals surface area contributed by atoms with Gasteiger partial charge in [-0.3, -0.25) is 9.69 Å². The Morgan fingerprint density at radius 1 is 1.33 bits per heavy atom. The van der Waals surface area contributed by atoms with Gasteiger partial charge in [0.25, 0.3) is 0 Å². The molecule has 21 heavy (non-hydrogen) atoms. The molecule has 0 aliphatic carbocycles. The number of benzene rings is 1. The minimum Gasteiger partial charge on any atom is -0.481 e. The molecule has 1 rings (SSSR count). The Labute approximate surface area is 129 Å². The second kappa shape index (κ2) is 9.88. The minimum absolute atomic E-state index is 0.0898. The van der Waals surface area contributed by atoms with Crippen LogP contribution in [0.2, 0.25) is 0 Å². The predicted molar refractivity (Wildman–Crippen MR) is 87.0 cm³/mol. The van der Waals surface area contributed by atoms with E-state index in [2.05, 4.69) is 11.9 Å². The van der Waals surface area contributed by atoms with Gasteiger partial charge in [-0.2, -0.15) is 11.8 Å². The number of rotatable bonds is 9. The maximum Gasteiger partial charge on any atom is 0.321 e. The van der Waals surface area contributed by atoms with Crippen molar-refractivity contribution in [3.63, 3.8) is 0 Å². The van der Waals surface area contributed by atoms with Crippen LogP contribution in [-0.4, -0.2) is 41.7 Å². The lowest BCUT2D eigenvalue weighted by Crippen LogP contribution is -2.42. The SMILES string of the molecule is C=CCSCCNC(=O)N(CCC(=O)O)c1ccccc1. The Hall–Kier alpha value is -1.95. The first kappa shape index (κ1) is 17.1. The molecule has 6 heteroatoms. The lowest BCUT2D eigenvalue weighted by molar-refractivity contribution is -0.136. The molecule has 114 valence electrons. The van der Waals surface area contributed by atoms with Crippen LogP contribution in [0.25, 0.3) is 0 Å². The third kappa shape index (κ3) is 6.85. The molecule has 0 aromatic heterocycles. The lowest BCUT2D eigenvalue weighted by atomic mass is 10.3. The summed E-state index contributed by atoms with van der Waals surface area (Å²) >= 11 is 1.68. The average molecular weight is 308 g/mol. The molecule has 0 unspecified atom stereocenters. The molecular weight excluding hydrogens is 288 g/mol. The van der Waals surface area contributed by atoms with Gasteiger partial charge in [0, 0.05) is 30.3 Å². The molecule has 2 N–H and O–H groups in total. The normalized spacial score (nSPS) is 9.90. The Morgan fingerprint density at radius 2 is 2.05 bits per heavy atom. The fourth-order valence-electron chi connectivity index (χ4n) is 1.66. The number of carbonyl (C=O) groups excluding carboxylic acids is 1. The summed E-state index contributed by atoms with van der Waals surface area (Å²) in [6.07, 6.45) is 1.73. The van der Waals surface area contributed by atoms with Gasteiger partial charge in [0.2, 0.25) is 0 Å². The summed E-state index contributed by atoms with van der Waals surface area (Å²) in [4.78, 5) is 24.4. The van der Waals surface area contributed by atoms with Crippen LogP contribution in [0.4, 0.5) is 10.5 Å². The number of thioether (sulfide) groups is 1. The fourth-order valence-corrected chi connectivity index (χ4v) is 2.24. The Bertz CT molecular complexity index is 465. The molecule has 2 amide bonds. The van der Waals surface area contributed by atoms with Crippen LogP contribution >= 0.6 is 11.8 Å². The number of anilines is 1. The molecule has 0 radical (unpaired) electrons. The van der Waals surface area contributed by atoms with E-state index in [-0.39, 0.29) is 19.0 Å². The molecule has 1 aromatic carbocycles. The number of hydrogen-bond acceptors (Lipinski definition) is 3. The van der Waals surface area contributed by atoms with Crippen LogP contribution in [0, 0.1) is 0 Å². The van der Waals surface area contributed by atoms with Gasteiger partial charge in [-0.15, -0.1) is 6.58 Å². The van der Waals surface area contributed by atoms with Crippen molar-refractivity contribution in [1.82, 2.24) is 5.32 Å². The highest BCUT2D eigenvalue weighted by atomic mass is 32.2. The minimum atomic E-state index is -0.926. The maximum atomic E-state index is 12.2. The molecule has 0 atom stereocenters. The first-order chi connectivity index (χ1) is 10.1. The fraction of sp³-hybridized carbons (Fsp3) is 0.333. The topological polar surface area (TPSA) is 69.6 Å². The van der Waals surface area contributed by atoms with Gasteiger partial charge in [0.15, 0.2) is 0 Å². The number of nitrogens with zero attached hydrogens (tertiary/aromatic N) is 1. The van der Waals surface area contributed by atoms with Gasteiger partial charge >= 0.3 is 12.0 Å². The summed E-state index contributed by atoms with van der Waals surface area (Å²) in [6.45, 7) is 4.31. The first-order valence-corrected chi connectivity index (χ1v) is 7.81. The molecule has 0 saturated carbocycles. The van der Waals surface area contributed by atoms with Crippen LogP contribution < -0.4 is 10.2 Å². The molecule has 0 aliphatic heterocycles. The van der Waals surface area contributed by atoms with E-state index in [0.29, 0.717) is 12.2 Å². The molecule has 1 aromatic rings. The third-order valence-corrected chi connectivity index (χ3v) is 3.58. The molecule has 0 fully saturated rings. The van der Waals surface area contributed by atoms with E-state index in [1.54, 1.807) is 23.9 Å². The summed E-state index contributed by atoms with van der Waals surface area (Å²) in [6, 6.07) is 8.78. The number of para-hydroxylation sites is 1. The highest BCUT2D eigenvalue weighted by Gasteiger charge is 2.16. The van der Waals surface area contributed by atoms with E-state index in [1.807, 2.05) is 24.3 Å². The summed E-state index contributed by atoms with van der Waals surface area (Å²) < 4.78 is 0. The summed E-state index contributed by atoms with van der Waals surface area (Å²) in [5.41, 5.74) is 0.690. The van der Waals surface area contributed by atoms with Gasteiger partial charge < -0.3 is 10.4 Å². The van der Waals surface area contributed by atoms with Crippen molar-refractivity contribution in [3.8, 4) is 0 Å². The van der Waals surface area contributed by atoms with Crippen molar-refractivity contribution in [1.29, 1.82) is 0 Å². The Kier molecular flexibility index (Phi) is 8.04. The number of carboxylic acid groups (broad SMARTS) is 1. The molecular formula is C15H20N2O3S. The monoisotopic (exact) mass is 308 g/mol. The molecule has 5 nitrogen and oxygen atoms in total. The summed E-state index contributed by atoms with van der Waals surface area (Å²) in [5.74, 6) is 0.710. The number of carbonyl (C=O) groups is 2. The number of amides is 2. The zero-order chi connectivity index (χ0) is 15.5. The van der Waals surface area contributed by atoms with Gasteiger partial charge in [-0.1, -0.05) is 24.3 Å². The van der Waals surface area contributed by atoms with E-state index in [4.69, 9.17) is 5.11 Å². The van der Waals surface area contributed by atoms with E-state index < -0.39 is 5.97 Å². The molecule has 0 saturated heterocycles. The van der Waals surface area contributed by atoms with Crippen molar-refractivity contribution in [3.05, 3.63) is 43.0 Å². The number of hydrogen-bond donors (Lipinski definition) is 2. The lowest BCUT2D eigenvalue weighted by Gasteiger charge is -2.22. The van der Waals surface area contributed by atoms with Crippen LogP contribution in [0.15, 0.2) is 43.0 Å². The molecule has 0 spiro atoms. The molecule has 0 bridgehead atoms. The standard InChI is InChI=1S/C15H20N2O3S/c1-2-11-21-12-9-16-15(20)17(10-8-14(18)19)13-6-4-3-5-7-13/h2-7H,1,8-12H2,(H,16,20)(H,18,19). The van der Waals surface area contributed by atoms with Crippen molar-refractivity contribution in [2.24, 2.45) is 0 Å². The number of urea groups is 1. The smallest absolute Gasteiger partial charge is 0.321 e. The molecule has 0 aliphatic rings. The Morgan fingerprint density at radius 3 is 2.67 bits per heavy atom. The maximum absolute atomic E-state index is 12.2. The third-order valence-electron chi connectivity index (χ3n) is 2.62. The zero-order valence-corrected chi connectivity index (χ0v) is 12.6. The second-order valence-corrected chi connectivity index (χ2v) is 5.38. The van der Waals surface area contributed by atoms with Crippen molar-refractivity contribution >= 4 is 29.4 Å². The van der Waals surface area contributed by atoms with Crippen LogP contribution in [0.1, 0.15) is 6.42 Å².